The van der Waals surface area contributed by atoms with Gasteiger partial charge in [0.15, 0.2) is 0 Å². The highest BCUT2D eigenvalue weighted by Crippen LogP contribution is 2.36. The lowest BCUT2D eigenvalue weighted by atomic mass is 10.2. The molecule has 1 amide bonds. The fourth-order valence-electron chi connectivity index (χ4n) is 3.25. The molecule has 0 aromatic heterocycles. The molecule has 0 aliphatic heterocycles. The van der Waals surface area contributed by atoms with E-state index in [0.717, 1.165) is 11.4 Å². The summed E-state index contributed by atoms with van der Waals surface area (Å²) in [6.07, 6.45) is 0. The van der Waals surface area contributed by atoms with Gasteiger partial charge in [0.25, 0.3) is 5.91 Å². The van der Waals surface area contributed by atoms with Gasteiger partial charge in [-0.25, -0.2) is 0 Å². The van der Waals surface area contributed by atoms with E-state index in [2.05, 4.69) is 20.9 Å². The molecule has 0 aliphatic carbocycles. The zero-order valence-electron chi connectivity index (χ0n) is 18.4. The highest BCUT2D eigenvalue weighted by atomic mass is 16.3. The number of phenols is 2. The van der Waals surface area contributed by atoms with Gasteiger partial charge >= 0.3 is 0 Å². The summed E-state index contributed by atoms with van der Waals surface area (Å²) in [5.41, 5.74) is 10.4. The molecular weight excluding hydrogens is 430 g/mol. The topological polar surface area (TPSA) is 132 Å². The van der Waals surface area contributed by atoms with Gasteiger partial charge in [-0.05, 0) is 73.2 Å². The number of carbonyl (C=O) groups is 1. The van der Waals surface area contributed by atoms with E-state index in [0.29, 0.717) is 28.2 Å². The molecule has 0 aliphatic rings. The fourth-order valence-corrected chi connectivity index (χ4v) is 3.25. The minimum atomic E-state index is -0.173. The fraction of sp³-hybridized carbons (Fsp3) is 0.0385. The molecule has 4 aromatic carbocycles. The van der Waals surface area contributed by atoms with Crippen LogP contribution in [0.15, 0.2) is 95.2 Å². The molecule has 0 spiro atoms. The van der Waals surface area contributed by atoms with Crippen LogP contribution in [0.1, 0.15) is 15.9 Å². The predicted molar refractivity (Wildman–Crippen MR) is 134 cm³/mol. The highest BCUT2D eigenvalue weighted by molar-refractivity contribution is 6.04. The number of nitrogens with two attached hydrogens (primary N) is 1. The molecule has 0 saturated heterocycles. The number of aromatic hydroxyl groups is 2. The van der Waals surface area contributed by atoms with E-state index in [9.17, 15) is 15.0 Å². The molecule has 170 valence electrons. The molecule has 0 radical (unpaired) electrons. The zero-order chi connectivity index (χ0) is 24.1. The first-order valence-electron chi connectivity index (χ1n) is 10.5. The van der Waals surface area contributed by atoms with Gasteiger partial charge in [0, 0.05) is 28.7 Å². The monoisotopic (exact) mass is 453 g/mol. The number of carbonyl (C=O) groups excluding carboxylic acids is 1. The van der Waals surface area contributed by atoms with Crippen molar-refractivity contribution in [3.8, 4) is 11.5 Å². The van der Waals surface area contributed by atoms with Gasteiger partial charge in [0.1, 0.15) is 22.9 Å². The third-order valence-corrected chi connectivity index (χ3v) is 5.03. The van der Waals surface area contributed by atoms with Gasteiger partial charge in [0.2, 0.25) is 0 Å². The van der Waals surface area contributed by atoms with Crippen LogP contribution in [0.5, 0.6) is 11.5 Å². The Morgan fingerprint density at radius 3 is 2.15 bits per heavy atom. The second-order valence-electron chi connectivity index (χ2n) is 7.63. The van der Waals surface area contributed by atoms with Gasteiger partial charge in [-0.3, -0.25) is 4.79 Å². The zero-order valence-corrected chi connectivity index (χ0v) is 18.4. The Hall–Kier alpha value is -4.85. The van der Waals surface area contributed by atoms with Crippen molar-refractivity contribution in [1.82, 2.24) is 0 Å². The Balaban J connectivity index is 1.42. The summed E-state index contributed by atoms with van der Waals surface area (Å²) in [5.74, 6) is -0.239. The maximum Gasteiger partial charge on any atom is 0.255 e. The van der Waals surface area contributed by atoms with Crippen LogP contribution in [0.2, 0.25) is 0 Å². The van der Waals surface area contributed by atoms with Gasteiger partial charge in [-0.1, -0.05) is 18.2 Å². The molecule has 0 bridgehead atoms. The Kier molecular flexibility index (Phi) is 6.40. The number of amides is 1. The summed E-state index contributed by atoms with van der Waals surface area (Å²) in [7, 11) is 0. The third-order valence-electron chi connectivity index (χ3n) is 5.03. The minimum absolute atomic E-state index is 0.0116. The SMILES string of the molecule is Cc1cc(O)cc(N=Nc2ccc(Nc3ccc(NC(=O)c4ccccc4)cc3)cc2N)c1O. The first-order valence-corrected chi connectivity index (χ1v) is 10.5. The molecule has 0 fully saturated rings. The second-order valence-corrected chi connectivity index (χ2v) is 7.63. The molecule has 34 heavy (non-hydrogen) atoms. The Bertz CT molecular complexity index is 1350. The smallest absolute Gasteiger partial charge is 0.255 e. The van der Waals surface area contributed by atoms with E-state index in [1.54, 1.807) is 49.4 Å². The normalized spacial score (nSPS) is 10.9. The number of hydrogen-bond acceptors (Lipinski definition) is 7. The van der Waals surface area contributed by atoms with E-state index < -0.39 is 0 Å². The van der Waals surface area contributed by atoms with Crippen molar-refractivity contribution in [3.63, 3.8) is 0 Å². The lowest BCUT2D eigenvalue weighted by Crippen LogP contribution is -2.11. The molecule has 8 heteroatoms. The average Bonchev–Trinajstić information content (AvgIpc) is 2.83. The van der Waals surface area contributed by atoms with Gasteiger partial charge in [-0.2, -0.15) is 0 Å². The summed E-state index contributed by atoms with van der Waals surface area (Å²) in [6.45, 7) is 1.66. The van der Waals surface area contributed by atoms with Crippen molar-refractivity contribution < 1.29 is 15.0 Å². The third kappa shape index (κ3) is 5.31. The summed E-state index contributed by atoms with van der Waals surface area (Å²) < 4.78 is 0. The highest BCUT2D eigenvalue weighted by Gasteiger charge is 2.08. The van der Waals surface area contributed by atoms with Crippen LogP contribution in [0.4, 0.5) is 34.1 Å². The number of phenolic OH excluding ortho intramolecular Hbond substituents is 2. The van der Waals surface area contributed by atoms with Crippen LogP contribution in [-0.4, -0.2) is 16.1 Å². The van der Waals surface area contributed by atoms with Crippen LogP contribution in [-0.2, 0) is 0 Å². The van der Waals surface area contributed by atoms with Gasteiger partial charge < -0.3 is 26.6 Å². The Labute approximate surface area is 196 Å². The lowest BCUT2D eigenvalue weighted by Gasteiger charge is -2.10. The number of aryl methyl sites for hydroxylation is 1. The molecule has 0 saturated carbocycles. The number of nitrogens with one attached hydrogen (secondary N) is 2. The predicted octanol–water partition coefficient (Wildman–Crippen LogP) is 6.40. The molecular formula is C26H23N5O3. The quantitative estimate of drug-likeness (QED) is 0.131. The number of benzene rings is 4. The number of anilines is 4. The van der Waals surface area contributed by atoms with E-state index >= 15 is 0 Å². The van der Waals surface area contributed by atoms with Gasteiger partial charge in [-0.15, -0.1) is 10.2 Å². The first-order chi connectivity index (χ1) is 16.4. The van der Waals surface area contributed by atoms with E-state index in [-0.39, 0.29) is 23.1 Å². The van der Waals surface area contributed by atoms with Crippen LogP contribution in [0, 0.1) is 6.92 Å². The number of rotatable bonds is 6. The maximum atomic E-state index is 12.3. The van der Waals surface area contributed by atoms with Gasteiger partial charge in [0.05, 0.1) is 5.69 Å². The maximum absolute atomic E-state index is 12.3. The number of nitrogen functional groups attached to an aromatic ring is 1. The molecule has 0 heterocycles. The molecule has 0 atom stereocenters. The first kappa shape index (κ1) is 22.3. The average molecular weight is 454 g/mol. The number of nitrogens with zero attached hydrogens (tertiary/aromatic N) is 2. The molecule has 0 unspecified atom stereocenters. The summed E-state index contributed by atoms with van der Waals surface area (Å²) >= 11 is 0. The van der Waals surface area contributed by atoms with Crippen molar-refractivity contribution in [3.05, 3.63) is 96.1 Å². The molecule has 8 nitrogen and oxygen atoms in total. The standard InChI is InChI=1S/C26H23N5O3/c1-16-13-21(32)15-24(25(16)33)31-30-23-12-11-20(14-22(23)27)28-18-7-9-19(10-8-18)29-26(34)17-5-3-2-4-6-17/h2-15,28,32-33H,27H2,1H3,(H,29,34). The molecule has 4 rings (SSSR count). The lowest BCUT2D eigenvalue weighted by molar-refractivity contribution is 0.102. The van der Waals surface area contributed by atoms with Crippen molar-refractivity contribution >= 4 is 40.0 Å². The number of azo groups is 1. The van der Waals surface area contributed by atoms with Crippen molar-refractivity contribution in [2.24, 2.45) is 10.2 Å². The summed E-state index contributed by atoms with van der Waals surface area (Å²) in [6, 6.07) is 24.3. The van der Waals surface area contributed by atoms with Crippen LogP contribution in [0.25, 0.3) is 0 Å². The number of hydrogen-bond donors (Lipinski definition) is 5. The summed E-state index contributed by atoms with van der Waals surface area (Å²) in [5, 5.41) is 34.0. The van der Waals surface area contributed by atoms with Crippen LogP contribution >= 0.6 is 0 Å². The van der Waals surface area contributed by atoms with Crippen molar-refractivity contribution in [1.29, 1.82) is 0 Å². The minimum Gasteiger partial charge on any atom is -0.508 e. The van der Waals surface area contributed by atoms with Crippen LogP contribution in [0.3, 0.4) is 0 Å². The molecule has 4 aromatic rings. The van der Waals surface area contributed by atoms with Crippen molar-refractivity contribution in [2.45, 2.75) is 6.92 Å². The second kappa shape index (κ2) is 9.74. The van der Waals surface area contributed by atoms with Crippen molar-refractivity contribution in [2.75, 3.05) is 16.4 Å². The van der Waals surface area contributed by atoms with E-state index in [1.807, 2.05) is 30.3 Å². The molecule has 6 N–H and O–H groups in total. The van der Waals surface area contributed by atoms with Crippen LogP contribution < -0.4 is 16.4 Å². The van der Waals surface area contributed by atoms with E-state index in [1.165, 1.54) is 12.1 Å². The summed E-state index contributed by atoms with van der Waals surface area (Å²) in [4.78, 5) is 12.3. The Morgan fingerprint density at radius 1 is 0.794 bits per heavy atom. The Morgan fingerprint density at radius 2 is 1.44 bits per heavy atom. The van der Waals surface area contributed by atoms with E-state index in [4.69, 9.17) is 5.73 Å². The largest absolute Gasteiger partial charge is 0.508 e.